The van der Waals surface area contributed by atoms with Crippen LogP contribution in [-0.2, 0) is 0 Å². The van der Waals surface area contributed by atoms with Gasteiger partial charge in [0, 0.05) is 6.07 Å². The Hall–Kier alpha value is -0.0800. The summed E-state index contributed by atoms with van der Waals surface area (Å²) in [6, 6.07) is 1.57. The normalized spacial score (nSPS) is 10.9. The van der Waals surface area contributed by atoms with Crippen molar-refractivity contribution in [2.24, 2.45) is 10.7 Å². The zero-order chi connectivity index (χ0) is 9.84. The average Bonchev–Trinajstić information content (AvgIpc) is 2.02. The Morgan fingerprint density at radius 1 is 1.57 bits per heavy atom. The maximum atomic E-state index is 5.71. The van der Waals surface area contributed by atoms with Crippen molar-refractivity contribution in [1.29, 1.82) is 0 Å². The van der Waals surface area contributed by atoms with E-state index in [-0.39, 0.29) is 24.0 Å². The summed E-state index contributed by atoms with van der Waals surface area (Å²) >= 11 is 7.06. The predicted molar refractivity (Wildman–Crippen MR) is 72.0 cm³/mol. The summed E-state index contributed by atoms with van der Waals surface area (Å²) in [5, 5.41) is 0.828. The summed E-state index contributed by atoms with van der Waals surface area (Å²) in [6.07, 6.45) is 1.84. The number of amidine groups is 1. The first-order valence-electron chi connectivity index (χ1n) is 3.51. The first-order valence-corrected chi connectivity index (χ1v) is 5.11. The van der Waals surface area contributed by atoms with Gasteiger partial charge >= 0.3 is 0 Å². The number of hydrogen-bond donors (Lipinski definition) is 1. The Labute approximate surface area is 109 Å². The van der Waals surface area contributed by atoms with Gasteiger partial charge in [-0.05, 0) is 13.2 Å². The molecule has 0 aliphatic carbocycles. The van der Waals surface area contributed by atoms with Crippen LogP contribution >= 0.6 is 47.3 Å². The molecule has 0 fully saturated rings. The van der Waals surface area contributed by atoms with E-state index in [1.165, 1.54) is 11.8 Å². The van der Waals surface area contributed by atoms with Crippen molar-refractivity contribution in [3.8, 4) is 0 Å². The molecule has 7 heteroatoms. The molecule has 78 valence electrons. The van der Waals surface area contributed by atoms with Gasteiger partial charge in [0.15, 0.2) is 11.0 Å². The number of nitrogens with zero attached hydrogens (tertiary/aromatic N) is 3. The van der Waals surface area contributed by atoms with E-state index in [0.29, 0.717) is 22.0 Å². The maximum Gasteiger partial charge on any atom is 0.160 e. The number of thioether (sulfide) groups is 1. The molecule has 0 amide bonds. The summed E-state index contributed by atoms with van der Waals surface area (Å²) in [7, 11) is 0. The van der Waals surface area contributed by atoms with Crippen molar-refractivity contribution in [1.82, 2.24) is 9.97 Å². The number of hydrogen-bond acceptors (Lipinski definition) is 4. The Kier molecular flexibility index (Phi) is 6.38. The highest BCUT2D eigenvalue weighted by atomic mass is 127. The van der Waals surface area contributed by atoms with E-state index in [4.69, 9.17) is 17.3 Å². The summed E-state index contributed by atoms with van der Waals surface area (Å²) in [5.74, 6) is 1.07. The molecule has 0 bridgehead atoms. The first-order chi connectivity index (χ1) is 6.11. The minimum atomic E-state index is 0. The predicted octanol–water partition coefficient (Wildman–Crippen LogP) is 2.37. The van der Waals surface area contributed by atoms with Gasteiger partial charge in [0.1, 0.15) is 11.0 Å². The van der Waals surface area contributed by atoms with E-state index in [2.05, 4.69) is 15.0 Å². The molecule has 0 unspecified atom stereocenters. The van der Waals surface area contributed by atoms with E-state index in [1.54, 1.807) is 13.0 Å². The SMILES string of the molecule is CSC(N)=Nc1cc(Cl)nc(C)n1.I. The average molecular weight is 345 g/mol. The molecule has 0 radical (unpaired) electrons. The van der Waals surface area contributed by atoms with Crippen LogP contribution < -0.4 is 5.73 Å². The summed E-state index contributed by atoms with van der Waals surface area (Å²) in [5.41, 5.74) is 5.51. The molecule has 0 aromatic carbocycles. The zero-order valence-corrected chi connectivity index (χ0v) is 11.6. The largest absolute Gasteiger partial charge is 0.378 e. The van der Waals surface area contributed by atoms with Gasteiger partial charge in [0.25, 0.3) is 0 Å². The summed E-state index contributed by atoms with van der Waals surface area (Å²) < 4.78 is 0. The number of rotatable bonds is 1. The number of nitrogens with two attached hydrogens (primary N) is 1. The molecule has 0 aliphatic rings. The Morgan fingerprint density at radius 2 is 2.21 bits per heavy atom. The van der Waals surface area contributed by atoms with Crippen LogP contribution in [0, 0.1) is 6.92 Å². The highest BCUT2D eigenvalue weighted by Gasteiger charge is 1.98. The lowest BCUT2D eigenvalue weighted by molar-refractivity contribution is 1.05. The quantitative estimate of drug-likeness (QED) is 0.368. The van der Waals surface area contributed by atoms with Crippen LogP contribution in [0.15, 0.2) is 11.1 Å². The molecule has 0 atom stereocenters. The molecule has 1 aromatic rings. The highest BCUT2D eigenvalue weighted by molar-refractivity contribution is 14.0. The molecule has 1 heterocycles. The Balaban J connectivity index is 0.00000169. The molecule has 1 rings (SSSR count). The van der Waals surface area contributed by atoms with Gasteiger partial charge in [0.2, 0.25) is 0 Å². The molecular formula is C7H10ClIN4S. The Morgan fingerprint density at radius 3 is 2.71 bits per heavy atom. The van der Waals surface area contributed by atoms with Crippen molar-refractivity contribution in [3.05, 3.63) is 17.0 Å². The van der Waals surface area contributed by atoms with Gasteiger partial charge in [-0.25, -0.2) is 15.0 Å². The smallest absolute Gasteiger partial charge is 0.160 e. The highest BCUT2D eigenvalue weighted by Crippen LogP contribution is 2.14. The minimum Gasteiger partial charge on any atom is -0.378 e. The molecule has 4 nitrogen and oxygen atoms in total. The van der Waals surface area contributed by atoms with Crippen molar-refractivity contribution in [2.45, 2.75) is 6.92 Å². The van der Waals surface area contributed by atoms with Crippen molar-refractivity contribution in [3.63, 3.8) is 0 Å². The molecule has 14 heavy (non-hydrogen) atoms. The minimum absolute atomic E-state index is 0. The van der Waals surface area contributed by atoms with Crippen LogP contribution in [-0.4, -0.2) is 21.4 Å². The lowest BCUT2D eigenvalue weighted by atomic mass is 10.5. The molecule has 0 saturated carbocycles. The van der Waals surface area contributed by atoms with E-state index in [9.17, 15) is 0 Å². The van der Waals surface area contributed by atoms with Gasteiger partial charge in [-0.1, -0.05) is 23.4 Å². The molecule has 1 aromatic heterocycles. The van der Waals surface area contributed by atoms with E-state index >= 15 is 0 Å². The van der Waals surface area contributed by atoms with E-state index < -0.39 is 0 Å². The van der Waals surface area contributed by atoms with Gasteiger partial charge in [0.05, 0.1) is 0 Å². The fourth-order valence-corrected chi connectivity index (χ4v) is 1.14. The number of aliphatic imine (C=N–C) groups is 1. The zero-order valence-electron chi connectivity index (χ0n) is 7.69. The standard InChI is InChI=1S/C7H9ClN4S.HI/c1-4-10-5(8)3-6(11-4)12-7(9)13-2;/h3H,1-2H3,(H2,9,10,11,12);1H. The van der Waals surface area contributed by atoms with Crippen molar-refractivity contribution in [2.75, 3.05) is 6.26 Å². The second-order valence-corrected chi connectivity index (χ2v) is 3.46. The number of aryl methyl sites for hydroxylation is 1. The monoisotopic (exact) mass is 344 g/mol. The Bertz CT molecular complexity index is 324. The molecule has 0 saturated heterocycles. The molecule has 0 aliphatic heterocycles. The second-order valence-electron chi connectivity index (χ2n) is 2.25. The third kappa shape index (κ3) is 4.43. The molecule has 0 spiro atoms. The van der Waals surface area contributed by atoms with Crippen LogP contribution in [0.25, 0.3) is 0 Å². The van der Waals surface area contributed by atoms with Crippen LogP contribution in [0.4, 0.5) is 5.82 Å². The third-order valence-corrected chi connectivity index (χ3v) is 1.93. The van der Waals surface area contributed by atoms with Crippen molar-refractivity contribution >= 4 is 58.3 Å². The van der Waals surface area contributed by atoms with Gasteiger partial charge in [-0.2, -0.15) is 0 Å². The van der Waals surface area contributed by atoms with Crippen molar-refractivity contribution < 1.29 is 0 Å². The number of halogens is 2. The summed E-state index contributed by atoms with van der Waals surface area (Å²) in [6.45, 7) is 1.75. The van der Waals surface area contributed by atoms with Crippen LogP contribution in [0.2, 0.25) is 5.15 Å². The topological polar surface area (TPSA) is 64.2 Å². The summed E-state index contributed by atoms with van der Waals surface area (Å²) in [4.78, 5) is 12.0. The lowest BCUT2D eigenvalue weighted by Gasteiger charge is -1.97. The van der Waals surface area contributed by atoms with Gasteiger partial charge < -0.3 is 5.73 Å². The maximum absolute atomic E-state index is 5.71. The fraction of sp³-hybridized carbons (Fsp3) is 0.286. The third-order valence-electron chi connectivity index (χ3n) is 1.23. The van der Waals surface area contributed by atoms with Gasteiger partial charge in [-0.15, -0.1) is 24.0 Å². The van der Waals surface area contributed by atoms with E-state index in [1.807, 2.05) is 6.26 Å². The van der Waals surface area contributed by atoms with Gasteiger partial charge in [-0.3, -0.25) is 0 Å². The van der Waals surface area contributed by atoms with E-state index in [0.717, 1.165) is 0 Å². The number of aromatic nitrogens is 2. The molecule has 2 N–H and O–H groups in total. The lowest BCUT2D eigenvalue weighted by Crippen LogP contribution is -2.04. The van der Waals surface area contributed by atoms with Crippen LogP contribution in [0.3, 0.4) is 0 Å². The van der Waals surface area contributed by atoms with Crippen LogP contribution in [0.5, 0.6) is 0 Å². The first kappa shape index (κ1) is 13.9. The fourth-order valence-electron chi connectivity index (χ4n) is 0.732. The second kappa shape index (κ2) is 6.41. The molecular weight excluding hydrogens is 335 g/mol. The van der Waals surface area contributed by atoms with Crippen LogP contribution in [0.1, 0.15) is 5.82 Å².